The van der Waals surface area contributed by atoms with E-state index in [4.69, 9.17) is 9.47 Å². The Bertz CT molecular complexity index is 595. The largest absolute Gasteiger partial charge is 0.487 e. The van der Waals surface area contributed by atoms with Gasteiger partial charge in [-0.15, -0.1) is 0 Å². The molecule has 1 aromatic rings. The normalized spacial score (nSPS) is 24.5. The number of fused-ring (bicyclic) bond motifs is 1. The topological polar surface area (TPSA) is 18.5 Å². The van der Waals surface area contributed by atoms with E-state index >= 15 is 0 Å². The summed E-state index contributed by atoms with van der Waals surface area (Å²) >= 11 is 0. The molecule has 0 fully saturated rings. The molecule has 0 N–H and O–H groups in total. The van der Waals surface area contributed by atoms with Gasteiger partial charge in [0.1, 0.15) is 0 Å². The monoisotopic (exact) mass is 308 g/mol. The van der Waals surface area contributed by atoms with Gasteiger partial charge in [0.2, 0.25) is 5.82 Å². The van der Waals surface area contributed by atoms with Crippen LogP contribution in [0.1, 0.15) is 56.8 Å². The molecule has 22 heavy (non-hydrogen) atoms. The third-order valence-corrected chi connectivity index (χ3v) is 4.44. The second-order valence-electron chi connectivity index (χ2n) is 6.24. The molecule has 4 heteroatoms. The first-order valence-corrected chi connectivity index (χ1v) is 8.04. The van der Waals surface area contributed by atoms with E-state index in [0.29, 0.717) is 18.6 Å². The number of aryl methyl sites for hydroxylation is 1. The molecule has 2 unspecified atom stereocenters. The first-order valence-electron chi connectivity index (χ1n) is 8.04. The summed E-state index contributed by atoms with van der Waals surface area (Å²) in [5.74, 6) is -1.58. The van der Waals surface area contributed by atoms with E-state index in [9.17, 15) is 8.78 Å². The molecule has 0 radical (unpaired) electrons. The van der Waals surface area contributed by atoms with E-state index in [2.05, 4.69) is 6.92 Å². The van der Waals surface area contributed by atoms with Crippen molar-refractivity contribution in [3.8, 4) is 5.75 Å². The fourth-order valence-corrected chi connectivity index (χ4v) is 3.18. The molecule has 1 aromatic carbocycles. The average molecular weight is 308 g/mol. The maximum atomic E-state index is 14.4. The zero-order valence-corrected chi connectivity index (χ0v) is 13.1. The van der Waals surface area contributed by atoms with Crippen molar-refractivity contribution in [3.63, 3.8) is 0 Å². The van der Waals surface area contributed by atoms with Crippen molar-refractivity contribution in [1.82, 2.24) is 0 Å². The Morgan fingerprint density at radius 3 is 2.77 bits per heavy atom. The zero-order valence-electron chi connectivity index (χ0n) is 13.1. The minimum Gasteiger partial charge on any atom is -0.487 e. The smallest absolute Gasteiger partial charge is 0.201 e. The van der Waals surface area contributed by atoms with E-state index in [-0.39, 0.29) is 11.9 Å². The summed E-state index contributed by atoms with van der Waals surface area (Å²) < 4.78 is 40.2. The predicted octanol–water partition coefficient (Wildman–Crippen LogP) is 4.87. The summed E-state index contributed by atoms with van der Waals surface area (Å²) in [6.45, 7) is 4.51. The van der Waals surface area contributed by atoms with Crippen molar-refractivity contribution in [1.29, 1.82) is 0 Å². The first kappa shape index (κ1) is 15.5. The van der Waals surface area contributed by atoms with Crippen molar-refractivity contribution in [2.24, 2.45) is 0 Å². The second kappa shape index (κ2) is 6.37. The number of rotatable bonds is 3. The van der Waals surface area contributed by atoms with Crippen LogP contribution in [0.25, 0.3) is 0 Å². The molecule has 2 aliphatic heterocycles. The Hall–Kier alpha value is -1.42. The average Bonchev–Trinajstić information content (AvgIpc) is 2.52. The minimum absolute atomic E-state index is 0.00577. The number of halogens is 2. The van der Waals surface area contributed by atoms with Crippen molar-refractivity contribution in [2.75, 3.05) is 6.61 Å². The number of benzene rings is 1. The van der Waals surface area contributed by atoms with E-state index in [1.165, 1.54) is 0 Å². The Kier molecular flexibility index (Phi) is 4.48. The van der Waals surface area contributed by atoms with Gasteiger partial charge in [0.05, 0.1) is 18.8 Å². The highest BCUT2D eigenvalue weighted by atomic mass is 19.2. The highest BCUT2D eigenvalue weighted by molar-refractivity contribution is 5.42. The predicted molar refractivity (Wildman–Crippen MR) is 81.1 cm³/mol. The molecule has 2 aliphatic rings. The van der Waals surface area contributed by atoms with Gasteiger partial charge < -0.3 is 9.47 Å². The van der Waals surface area contributed by atoms with Crippen LogP contribution in [0.4, 0.5) is 8.78 Å². The van der Waals surface area contributed by atoms with Gasteiger partial charge in [-0.05, 0) is 44.2 Å². The standard InChI is InChI=1S/C18H22F2O2/c1-3-4-13-7-6-12-9-14(15-8-5-11(2)10-21-15)16(19)17(20)18(12)22-13/h5,9,13,15H,3-4,6-8,10H2,1-2H3. The Balaban J connectivity index is 1.90. The minimum atomic E-state index is -0.858. The van der Waals surface area contributed by atoms with Crippen LogP contribution >= 0.6 is 0 Å². The van der Waals surface area contributed by atoms with Crippen LogP contribution < -0.4 is 4.74 Å². The van der Waals surface area contributed by atoms with Crippen molar-refractivity contribution >= 4 is 0 Å². The molecule has 0 aromatic heterocycles. The van der Waals surface area contributed by atoms with Crippen LogP contribution in [0.2, 0.25) is 0 Å². The number of ether oxygens (including phenoxy) is 2. The van der Waals surface area contributed by atoms with Gasteiger partial charge in [-0.25, -0.2) is 4.39 Å². The second-order valence-corrected chi connectivity index (χ2v) is 6.24. The summed E-state index contributed by atoms with van der Waals surface area (Å²) in [6, 6.07) is 1.73. The lowest BCUT2D eigenvalue weighted by molar-refractivity contribution is 0.0580. The number of hydrogen-bond acceptors (Lipinski definition) is 2. The molecular weight excluding hydrogens is 286 g/mol. The molecule has 120 valence electrons. The molecule has 3 rings (SSSR count). The first-order chi connectivity index (χ1) is 10.6. The van der Waals surface area contributed by atoms with Crippen LogP contribution in [-0.4, -0.2) is 12.7 Å². The molecule has 0 aliphatic carbocycles. The van der Waals surface area contributed by atoms with Crippen LogP contribution in [0.5, 0.6) is 5.75 Å². The van der Waals surface area contributed by atoms with Crippen molar-refractivity contribution in [2.45, 2.75) is 58.2 Å². The van der Waals surface area contributed by atoms with Gasteiger partial charge in [0.25, 0.3) is 0 Å². The molecule has 0 saturated heterocycles. The summed E-state index contributed by atoms with van der Waals surface area (Å²) in [5, 5.41) is 0. The molecule has 0 spiro atoms. The Labute approximate surface area is 130 Å². The molecule has 2 nitrogen and oxygen atoms in total. The quantitative estimate of drug-likeness (QED) is 0.742. The third-order valence-electron chi connectivity index (χ3n) is 4.44. The molecule has 0 bridgehead atoms. The fraction of sp³-hybridized carbons (Fsp3) is 0.556. The van der Waals surface area contributed by atoms with Gasteiger partial charge in [0.15, 0.2) is 11.6 Å². The van der Waals surface area contributed by atoms with Gasteiger partial charge in [-0.2, -0.15) is 4.39 Å². The van der Waals surface area contributed by atoms with E-state index < -0.39 is 17.7 Å². The van der Waals surface area contributed by atoms with Crippen molar-refractivity contribution in [3.05, 3.63) is 40.5 Å². The van der Waals surface area contributed by atoms with E-state index in [1.54, 1.807) is 6.07 Å². The lowest BCUT2D eigenvalue weighted by atomic mass is 9.94. The van der Waals surface area contributed by atoms with Gasteiger partial charge in [-0.1, -0.05) is 25.0 Å². The lowest BCUT2D eigenvalue weighted by Gasteiger charge is -2.29. The fourth-order valence-electron chi connectivity index (χ4n) is 3.18. The van der Waals surface area contributed by atoms with Gasteiger partial charge in [-0.3, -0.25) is 0 Å². The van der Waals surface area contributed by atoms with Crippen LogP contribution in [0.15, 0.2) is 17.7 Å². The summed E-state index contributed by atoms with van der Waals surface area (Å²) in [4.78, 5) is 0. The van der Waals surface area contributed by atoms with Crippen LogP contribution in [0, 0.1) is 11.6 Å². The summed E-state index contributed by atoms with van der Waals surface area (Å²) in [5.41, 5.74) is 2.20. The Morgan fingerprint density at radius 2 is 2.09 bits per heavy atom. The Morgan fingerprint density at radius 1 is 1.27 bits per heavy atom. The molecule has 2 atom stereocenters. The maximum absolute atomic E-state index is 14.4. The summed E-state index contributed by atoms with van der Waals surface area (Å²) in [7, 11) is 0. The third kappa shape index (κ3) is 2.89. The highest BCUT2D eigenvalue weighted by Gasteiger charge is 2.29. The molecule has 0 amide bonds. The highest BCUT2D eigenvalue weighted by Crippen LogP contribution is 2.38. The van der Waals surface area contributed by atoms with Crippen LogP contribution in [-0.2, 0) is 11.2 Å². The van der Waals surface area contributed by atoms with E-state index in [1.807, 2.05) is 13.0 Å². The number of hydrogen-bond donors (Lipinski definition) is 0. The molecule has 2 heterocycles. The SMILES string of the molecule is CCCC1CCc2cc(C3CC=C(C)CO3)c(F)c(F)c2O1. The van der Waals surface area contributed by atoms with Gasteiger partial charge in [0, 0.05) is 5.56 Å². The van der Waals surface area contributed by atoms with Crippen molar-refractivity contribution < 1.29 is 18.3 Å². The van der Waals surface area contributed by atoms with Gasteiger partial charge >= 0.3 is 0 Å². The van der Waals surface area contributed by atoms with Crippen LogP contribution in [0.3, 0.4) is 0 Å². The maximum Gasteiger partial charge on any atom is 0.201 e. The molecule has 0 saturated carbocycles. The lowest BCUT2D eigenvalue weighted by Crippen LogP contribution is -2.24. The summed E-state index contributed by atoms with van der Waals surface area (Å²) in [6.07, 6.45) is 5.63. The van der Waals surface area contributed by atoms with E-state index in [0.717, 1.165) is 36.8 Å². The zero-order chi connectivity index (χ0) is 15.7. The molecular formula is C18H22F2O2.